The van der Waals surface area contributed by atoms with E-state index in [1.54, 1.807) is 36.4 Å². The van der Waals surface area contributed by atoms with Crippen LogP contribution in [-0.4, -0.2) is 34.2 Å². The predicted molar refractivity (Wildman–Crippen MR) is 229 cm³/mol. The normalized spacial score (nSPS) is 11.8. The zero-order chi connectivity index (χ0) is 41.7. The molecule has 0 aliphatic heterocycles. The Morgan fingerprint density at radius 3 is 2.12 bits per heavy atom. The Balaban J connectivity index is 1.36. The highest BCUT2D eigenvalue weighted by atomic mass is 35.5. The first-order chi connectivity index (χ1) is 26.9. The van der Waals surface area contributed by atoms with Crippen molar-refractivity contribution in [3.8, 4) is 17.2 Å². The van der Waals surface area contributed by atoms with Crippen molar-refractivity contribution in [2.75, 3.05) is 17.2 Å². The number of anilines is 2. The number of rotatable bonds is 14. The van der Waals surface area contributed by atoms with Crippen molar-refractivity contribution in [2.24, 2.45) is 0 Å². The lowest BCUT2D eigenvalue weighted by atomic mass is 9.76. The maximum atomic E-state index is 13.7. The molecule has 1 aromatic heterocycles. The number of aromatic amines is 1. The maximum Gasteiger partial charge on any atom is 0.336 e. The van der Waals surface area contributed by atoms with Crippen LogP contribution in [0.1, 0.15) is 81.4 Å². The van der Waals surface area contributed by atoms with Gasteiger partial charge in [0, 0.05) is 32.9 Å². The van der Waals surface area contributed by atoms with Gasteiger partial charge in [-0.3, -0.25) is 19.5 Å². The van der Waals surface area contributed by atoms with E-state index in [1.165, 1.54) is 35.9 Å². The first-order valence-electron chi connectivity index (χ1n) is 18.1. The number of H-pyrrole nitrogens is 1. The summed E-state index contributed by atoms with van der Waals surface area (Å²) in [4.78, 5) is 53.4. The van der Waals surface area contributed by atoms with Gasteiger partial charge in [-0.05, 0) is 89.4 Å². The van der Waals surface area contributed by atoms with Gasteiger partial charge in [-0.25, -0.2) is 9.48 Å². The van der Waals surface area contributed by atoms with Crippen molar-refractivity contribution in [3.05, 3.63) is 138 Å². The number of aromatic nitrogens is 2. The molecule has 5 rings (SSSR count). The van der Waals surface area contributed by atoms with Crippen molar-refractivity contribution < 1.29 is 23.9 Å². The summed E-state index contributed by atoms with van der Waals surface area (Å²) in [5.74, 6) is -2.27. The zero-order valence-electron chi connectivity index (χ0n) is 32.2. The lowest BCUT2D eigenvalue weighted by Crippen LogP contribution is -2.24. The summed E-state index contributed by atoms with van der Waals surface area (Å²) in [5, 5.41) is 8.83. The number of nitrogens with zero attached hydrogens (tertiary/aromatic N) is 1. The van der Waals surface area contributed by atoms with Crippen LogP contribution in [0.3, 0.4) is 0 Å². The van der Waals surface area contributed by atoms with Gasteiger partial charge in [-0.2, -0.15) is 0 Å². The van der Waals surface area contributed by atoms with Crippen LogP contribution in [0.25, 0.3) is 11.8 Å². The molecule has 0 aliphatic carbocycles. The second kappa shape index (κ2) is 18.1. The SMILES string of the molecule is CCC(C)(C)c1ccc(OCC(=O)Nc2cccc(C(=O)Nc3[nH]n(-c4c(Cl)cc(Cl)cc4Cl)c(=O)c3OC(=O)/C=C/c3ccc(Cl)cc3)c2)c(C(C)(C)CC)c1. The number of hydrogen-bond donors (Lipinski definition) is 3. The molecule has 4 aromatic carbocycles. The van der Waals surface area contributed by atoms with E-state index < -0.39 is 29.1 Å². The minimum Gasteiger partial charge on any atom is -0.483 e. The number of hydrogen-bond acceptors (Lipinski definition) is 6. The molecule has 0 fully saturated rings. The van der Waals surface area contributed by atoms with E-state index in [1.807, 2.05) is 12.1 Å². The summed E-state index contributed by atoms with van der Waals surface area (Å²) in [7, 11) is 0. The third kappa shape index (κ3) is 10.5. The maximum absolute atomic E-state index is 13.7. The monoisotopic (exact) mass is 850 g/mol. The minimum absolute atomic E-state index is 0.000265. The highest BCUT2D eigenvalue weighted by Gasteiger charge is 2.28. The fraction of sp³-hybridized carbons (Fsp3) is 0.256. The predicted octanol–water partition coefficient (Wildman–Crippen LogP) is 11.0. The summed E-state index contributed by atoms with van der Waals surface area (Å²) in [6.45, 7) is 12.7. The number of nitrogens with one attached hydrogen (secondary N) is 3. The Hall–Kier alpha value is -5.00. The number of esters is 1. The van der Waals surface area contributed by atoms with E-state index in [-0.39, 0.29) is 49.6 Å². The van der Waals surface area contributed by atoms with Crippen LogP contribution in [0.2, 0.25) is 20.1 Å². The fourth-order valence-corrected chi connectivity index (χ4v) is 6.76. The molecule has 0 bridgehead atoms. The molecule has 0 unspecified atom stereocenters. The van der Waals surface area contributed by atoms with Gasteiger partial charge in [0.1, 0.15) is 11.4 Å². The Kier molecular flexibility index (Phi) is 13.7. The van der Waals surface area contributed by atoms with Crippen molar-refractivity contribution in [2.45, 2.75) is 65.2 Å². The van der Waals surface area contributed by atoms with Crippen LogP contribution in [0.15, 0.2) is 89.7 Å². The fourth-order valence-electron chi connectivity index (χ4n) is 5.64. The quantitative estimate of drug-likeness (QED) is 0.0753. The molecule has 0 saturated heterocycles. The Bertz CT molecular complexity index is 2380. The van der Waals surface area contributed by atoms with E-state index in [2.05, 4.69) is 63.3 Å². The number of ether oxygens (including phenoxy) is 2. The Labute approximate surface area is 351 Å². The molecule has 0 aliphatic rings. The molecule has 57 heavy (non-hydrogen) atoms. The smallest absolute Gasteiger partial charge is 0.336 e. The van der Waals surface area contributed by atoms with E-state index >= 15 is 0 Å². The van der Waals surface area contributed by atoms with Gasteiger partial charge in [0.05, 0.1) is 10.0 Å². The van der Waals surface area contributed by atoms with Crippen LogP contribution in [0.5, 0.6) is 11.5 Å². The third-order valence-electron chi connectivity index (χ3n) is 9.80. The average molecular weight is 853 g/mol. The molecule has 0 spiro atoms. The van der Waals surface area contributed by atoms with Gasteiger partial charge >= 0.3 is 11.5 Å². The summed E-state index contributed by atoms with van der Waals surface area (Å²) in [5.41, 5.74) is 2.17. The molecule has 2 amide bonds. The number of amides is 2. The second-order valence-corrected chi connectivity index (χ2v) is 16.2. The van der Waals surface area contributed by atoms with Crippen LogP contribution in [0.4, 0.5) is 11.5 Å². The van der Waals surface area contributed by atoms with E-state index in [0.717, 1.165) is 29.2 Å². The zero-order valence-corrected chi connectivity index (χ0v) is 35.2. The average Bonchev–Trinajstić information content (AvgIpc) is 3.45. The largest absolute Gasteiger partial charge is 0.483 e. The van der Waals surface area contributed by atoms with Crippen LogP contribution in [0, 0.1) is 0 Å². The minimum atomic E-state index is -0.921. The number of benzene rings is 4. The molecule has 3 N–H and O–H groups in total. The molecule has 0 saturated carbocycles. The molecule has 10 nitrogen and oxygen atoms in total. The number of carbonyl (C=O) groups is 3. The molecule has 0 radical (unpaired) electrons. The first-order valence-corrected chi connectivity index (χ1v) is 19.6. The molecule has 14 heteroatoms. The van der Waals surface area contributed by atoms with Crippen molar-refractivity contribution in [3.63, 3.8) is 0 Å². The van der Waals surface area contributed by atoms with E-state index in [0.29, 0.717) is 22.0 Å². The third-order valence-corrected chi connectivity index (χ3v) is 10.8. The molecular weight excluding hydrogens is 810 g/mol. The van der Waals surface area contributed by atoms with Crippen molar-refractivity contribution in [1.82, 2.24) is 9.78 Å². The highest BCUT2D eigenvalue weighted by molar-refractivity contribution is 6.40. The van der Waals surface area contributed by atoms with Gasteiger partial charge in [0.15, 0.2) is 12.4 Å². The van der Waals surface area contributed by atoms with E-state index in [9.17, 15) is 19.2 Å². The Morgan fingerprint density at radius 2 is 1.47 bits per heavy atom. The van der Waals surface area contributed by atoms with E-state index in [4.69, 9.17) is 55.9 Å². The molecule has 298 valence electrons. The van der Waals surface area contributed by atoms with Crippen LogP contribution >= 0.6 is 46.4 Å². The molecule has 5 aromatic rings. The van der Waals surface area contributed by atoms with Gasteiger partial charge in [0.25, 0.3) is 11.8 Å². The van der Waals surface area contributed by atoms with Gasteiger partial charge < -0.3 is 20.1 Å². The van der Waals surface area contributed by atoms with Gasteiger partial charge in [0.2, 0.25) is 5.75 Å². The van der Waals surface area contributed by atoms with Crippen LogP contribution < -0.4 is 25.7 Å². The lowest BCUT2D eigenvalue weighted by molar-refractivity contribution is -0.129. The standard InChI is InChI=1S/C43H42Cl4N4O6/c1-7-42(3,4)27-15-18-34(31(21-27)43(5,6)8-2)56-24-35(52)48-30-11-9-10-26(20-30)40(54)49-39-38(57-36(53)19-14-25-12-16-28(44)17-13-25)41(55)51(50-39)37-32(46)22-29(45)23-33(37)47/h9-23,50H,7-8,24H2,1-6H3,(H,48,52)(H,49,54)/b19-14+. The summed E-state index contributed by atoms with van der Waals surface area (Å²) in [6.07, 6.45) is 4.41. The Morgan fingerprint density at radius 1 is 0.807 bits per heavy atom. The van der Waals surface area contributed by atoms with Crippen LogP contribution in [-0.2, 0) is 20.4 Å². The molecule has 1 heterocycles. The second-order valence-electron chi connectivity index (χ2n) is 14.5. The van der Waals surface area contributed by atoms with Gasteiger partial charge in [-0.15, -0.1) is 0 Å². The topological polar surface area (TPSA) is 132 Å². The summed E-state index contributed by atoms with van der Waals surface area (Å²) >= 11 is 24.9. The molecular formula is C43H42Cl4N4O6. The highest BCUT2D eigenvalue weighted by Crippen LogP contribution is 2.39. The summed E-state index contributed by atoms with van der Waals surface area (Å²) in [6, 6.07) is 21.7. The lowest BCUT2D eigenvalue weighted by Gasteiger charge is -2.30. The van der Waals surface area contributed by atoms with Gasteiger partial charge in [-0.1, -0.05) is 118 Å². The van der Waals surface area contributed by atoms with Crippen molar-refractivity contribution in [1.29, 1.82) is 0 Å². The van der Waals surface area contributed by atoms with Crippen molar-refractivity contribution >= 4 is 81.8 Å². The molecule has 0 atom stereocenters. The first kappa shape index (κ1) is 43.1. The number of halogens is 4. The summed E-state index contributed by atoms with van der Waals surface area (Å²) < 4.78 is 12.5. The number of carbonyl (C=O) groups excluding carboxylic acids is 3.